The zero-order valence-corrected chi connectivity index (χ0v) is 19.1. The molecule has 1 aromatic heterocycles. The van der Waals surface area contributed by atoms with E-state index in [0.717, 1.165) is 16.3 Å². The van der Waals surface area contributed by atoms with Crippen molar-refractivity contribution in [2.24, 2.45) is 11.8 Å². The van der Waals surface area contributed by atoms with Crippen LogP contribution in [0.4, 0.5) is 0 Å². The van der Waals surface area contributed by atoms with Gasteiger partial charge in [-0.3, -0.25) is 14.6 Å². The van der Waals surface area contributed by atoms with E-state index >= 15 is 0 Å². The van der Waals surface area contributed by atoms with Crippen molar-refractivity contribution in [3.05, 3.63) is 29.6 Å². The molecule has 166 valence electrons. The number of hydrogen-bond donors (Lipinski definition) is 1. The summed E-state index contributed by atoms with van der Waals surface area (Å²) in [7, 11) is -3.67. The number of hydrogen-bond acceptors (Lipinski definition) is 6. The number of nitrogens with zero attached hydrogens (tertiary/aromatic N) is 3. The van der Waals surface area contributed by atoms with Crippen molar-refractivity contribution >= 4 is 34.2 Å². The minimum atomic E-state index is -3.67. The highest BCUT2D eigenvalue weighted by Gasteiger charge is 2.58. The van der Waals surface area contributed by atoms with Crippen LogP contribution in [0.25, 0.3) is 0 Å². The minimum absolute atomic E-state index is 0. The molecule has 3 heterocycles. The second-order valence-electron chi connectivity index (χ2n) is 8.71. The zero-order chi connectivity index (χ0) is 20.9. The molecule has 30 heavy (non-hydrogen) atoms. The molecule has 0 radical (unpaired) electrons. The number of fused-ring (bicyclic) bond motifs is 1. The molecule has 1 aromatic rings. The molecule has 2 amide bonds. The van der Waals surface area contributed by atoms with E-state index in [-0.39, 0.29) is 24.2 Å². The summed E-state index contributed by atoms with van der Waals surface area (Å²) in [5, 5.41) is 3.39. The average Bonchev–Trinajstić information content (AvgIpc) is 3.31. The Morgan fingerprint density at radius 2 is 1.97 bits per heavy atom. The van der Waals surface area contributed by atoms with Crippen molar-refractivity contribution in [1.29, 1.82) is 0 Å². The Kier molecular flexibility index (Phi) is 6.46. The standard InChI is InChI=1S/C20H28N4O4S.ClH/c1-12(2)17-18-16(24(20(17)26)29(3,27)28)8-9-23(18)19(25)13-4-5-15(21-10-13)11-22-14-6-7-14;/h4-5,10,12,14,16-18,22H,6-9,11H2,1-3H3;1H/t16-,17+,18-;/m0./s1. The second-order valence-corrected chi connectivity index (χ2v) is 10.6. The maximum Gasteiger partial charge on any atom is 0.255 e. The number of rotatable bonds is 6. The molecule has 10 heteroatoms. The molecule has 1 N–H and O–H groups in total. The summed E-state index contributed by atoms with van der Waals surface area (Å²) in [5.41, 5.74) is 1.35. The summed E-state index contributed by atoms with van der Waals surface area (Å²) in [6.07, 6.45) is 5.51. The Balaban J connectivity index is 0.00000256. The first-order chi connectivity index (χ1) is 13.7. The summed E-state index contributed by atoms with van der Waals surface area (Å²) >= 11 is 0. The first kappa shape index (κ1) is 23.0. The highest BCUT2D eigenvalue weighted by molar-refractivity contribution is 7.88. The molecule has 2 aliphatic heterocycles. The SMILES string of the molecule is CC(C)[C@H]1C(=O)N(S(C)(=O)=O)[C@H]2CCN(C(=O)c3ccc(CNC4CC4)nc3)[C@H]12.Cl. The number of aromatic nitrogens is 1. The van der Waals surface area contributed by atoms with E-state index in [1.54, 1.807) is 17.2 Å². The van der Waals surface area contributed by atoms with Crippen LogP contribution in [0.15, 0.2) is 18.3 Å². The molecule has 8 nitrogen and oxygen atoms in total. The molecule has 4 rings (SSSR count). The van der Waals surface area contributed by atoms with E-state index < -0.39 is 33.9 Å². The average molecular weight is 457 g/mol. The number of nitrogens with one attached hydrogen (secondary N) is 1. The number of amides is 2. The van der Waals surface area contributed by atoms with E-state index in [1.165, 1.54) is 12.8 Å². The van der Waals surface area contributed by atoms with E-state index in [9.17, 15) is 18.0 Å². The Morgan fingerprint density at radius 1 is 1.27 bits per heavy atom. The molecular weight excluding hydrogens is 428 g/mol. The molecule has 1 saturated carbocycles. The predicted octanol–water partition coefficient (Wildman–Crippen LogP) is 1.41. The van der Waals surface area contributed by atoms with Gasteiger partial charge >= 0.3 is 0 Å². The Hall–Kier alpha value is -1.71. The smallest absolute Gasteiger partial charge is 0.255 e. The molecule has 3 aliphatic rings. The van der Waals surface area contributed by atoms with Gasteiger partial charge in [-0.15, -0.1) is 12.4 Å². The normalized spacial score (nSPS) is 26.1. The van der Waals surface area contributed by atoms with Crippen molar-refractivity contribution in [2.75, 3.05) is 12.8 Å². The second kappa shape index (κ2) is 8.43. The van der Waals surface area contributed by atoms with E-state index in [2.05, 4.69) is 10.3 Å². The Labute approximate surface area is 183 Å². The summed E-state index contributed by atoms with van der Waals surface area (Å²) in [5.74, 6) is -1.17. The minimum Gasteiger partial charge on any atom is -0.333 e. The molecule has 3 atom stereocenters. The van der Waals surface area contributed by atoms with Crippen molar-refractivity contribution in [1.82, 2.24) is 19.5 Å². The Bertz CT molecular complexity index is 917. The Morgan fingerprint density at radius 3 is 2.50 bits per heavy atom. The number of carbonyl (C=O) groups excluding carboxylic acids is 2. The third kappa shape index (κ3) is 4.20. The van der Waals surface area contributed by atoms with Crippen LogP contribution in [-0.2, 0) is 21.4 Å². The van der Waals surface area contributed by atoms with Crippen molar-refractivity contribution in [2.45, 2.75) is 57.8 Å². The lowest BCUT2D eigenvalue weighted by Gasteiger charge is -2.29. The lowest BCUT2D eigenvalue weighted by molar-refractivity contribution is -0.129. The van der Waals surface area contributed by atoms with Crippen LogP contribution in [0.2, 0.25) is 0 Å². The lowest BCUT2D eigenvalue weighted by Crippen LogP contribution is -2.44. The van der Waals surface area contributed by atoms with Crippen LogP contribution >= 0.6 is 12.4 Å². The van der Waals surface area contributed by atoms with Gasteiger partial charge in [-0.25, -0.2) is 12.7 Å². The van der Waals surface area contributed by atoms with Gasteiger partial charge in [-0.2, -0.15) is 0 Å². The van der Waals surface area contributed by atoms with E-state index in [1.807, 2.05) is 19.9 Å². The molecule has 0 unspecified atom stereocenters. The predicted molar refractivity (Wildman–Crippen MR) is 115 cm³/mol. The van der Waals surface area contributed by atoms with Gasteiger partial charge in [-0.1, -0.05) is 13.8 Å². The van der Waals surface area contributed by atoms with Crippen molar-refractivity contribution in [3.63, 3.8) is 0 Å². The summed E-state index contributed by atoms with van der Waals surface area (Å²) in [4.78, 5) is 32.2. The van der Waals surface area contributed by atoms with Gasteiger partial charge in [0.25, 0.3) is 5.91 Å². The first-order valence-corrected chi connectivity index (χ1v) is 12.1. The van der Waals surface area contributed by atoms with Crippen molar-refractivity contribution < 1.29 is 18.0 Å². The number of pyridine rings is 1. The highest BCUT2D eigenvalue weighted by atomic mass is 35.5. The van der Waals surface area contributed by atoms with Gasteiger partial charge in [-0.05, 0) is 37.3 Å². The molecule has 0 spiro atoms. The molecule has 3 fully saturated rings. The highest BCUT2D eigenvalue weighted by Crippen LogP contribution is 2.41. The third-order valence-electron chi connectivity index (χ3n) is 6.15. The maximum absolute atomic E-state index is 13.2. The quantitative estimate of drug-likeness (QED) is 0.694. The maximum atomic E-state index is 13.2. The van der Waals surface area contributed by atoms with Crippen LogP contribution < -0.4 is 5.32 Å². The van der Waals surface area contributed by atoms with Gasteiger partial charge in [0.05, 0.1) is 35.5 Å². The molecule has 0 aromatic carbocycles. The number of halogens is 1. The van der Waals surface area contributed by atoms with Gasteiger partial charge in [0.2, 0.25) is 15.9 Å². The van der Waals surface area contributed by atoms with Crippen LogP contribution in [0.1, 0.15) is 49.2 Å². The fourth-order valence-electron chi connectivity index (χ4n) is 4.63. The summed E-state index contributed by atoms with van der Waals surface area (Å²) in [6, 6.07) is 3.29. The van der Waals surface area contributed by atoms with Crippen molar-refractivity contribution in [3.8, 4) is 0 Å². The monoisotopic (exact) mass is 456 g/mol. The number of carbonyl (C=O) groups is 2. The summed E-state index contributed by atoms with van der Waals surface area (Å²) in [6.45, 7) is 4.91. The van der Waals surface area contributed by atoms with Crippen LogP contribution in [0, 0.1) is 11.8 Å². The fraction of sp³-hybridized carbons (Fsp3) is 0.650. The molecule has 0 bridgehead atoms. The van der Waals surface area contributed by atoms with Crippen LogP contribution in [0.5, 0.6) is 0 Å². The largest absolute Gasteiger partial charge is 0.333 e. The van der Waals surface area contributed by atoms with Gasteiger partial charge in [0, 0.05) is 25.3 Å². The third-order valence-corrected chi connectivity index (χ3v) is 7.31. The number of sulfonamides is 1. The summed E-state index contributed by atoms with van der Waals surface area (Å²) < 4.78 is 25.5. The first-order valence-electron chi connectivity index (χ1n) is 10.2. The molecule has 1 aliphatic carbocycles. The number of likely N-dealkylation sites (tertiary alicyclic amines) is 1. The van der Waals surface area contributed by atoms with Gasteiger partial charge in [0.15, 0.2) is 0 Å². The van der Waals surface area contributed by atoms with E-state index in [0.29, 0.717) is 31.1 Å². The van der Waals surface area contributed by atoms with E-state index in [4.69, 9.17) is 0 Å². The van der Waals surface area contributed by atoms with Gasteiger partial charge < -0.3 is 10.2 Å². The molecular formula is C20H29ClN4O4S. The van der Waals surface area contributed by atoms with Gasteiger partial charge in [0.1, 0.15) is 0 Å². The fourth-order valence-corrected chi connectivity index (χ4v) is 5.80. The van der Waals surface area contributed by atoms with Crippen LogP contribution in [-0.4, -0.2) is 65.3 Å². The lowest BCUT2D eigenvalue weighted by atomic mass is 9.88. The van der Waals surface area contributed by atoms with Crippen LogP contribution in [0.3, 0.4) is 0 Å². The topological polar surface area (TPSA) is 99.7 Å². The zero-order valence-electron chi connectivity index (χ0n) is 17.4. The molecule has 2 saturated heterocycles.